The molecule has 2 aliphatic carbocycles. The molecule has 0 saturated heterocycles. The highest BCUT2D eigenvalue weighted by Gasteiger charge is 2.23. The van der Waals surface area contributed by atoms with Gasteiger partial charge in [0, 0.05) is 25.9 Å². The van der Waals surface area contributed by atoms with Gasteiger partial charge in [-0.05, 0) is 79.0 Å². The number of benzene rings is 2. The number of fused-ring (bicyclic) bond motifs is 2. The van der Waals surface area contributed by atoms with Crippen molar-refractivity contribution in [2.24, 2.45) is 0 Å². The second-order valence-corrected chi connectivity index (χ2v) is 8.45. The highest BCUT2D eigenvalue weighted by atomic mass is 16.5. The SMILES string of the molecule is COc1cccc2c1CCCC2CN(C)CCc1ccc2c(c1)CCC(=O)C2. The van der Waals surface area contributed by atoms with Gasteiger partial charge in [0.25, 0.3) is 0 Å². The van der Waals surface area contributed by atoms with Crippen LogP contribution in [0, 0.1) is 0 Å². The first-order valence-electron chi connectivity index (χ1n) is 10.6. The van der Waals surface area contributed by atoms with Gasteiger partial charge in [-0.15, -0.1) is 0 Å². The van der Waals surface area contributed by atoms with E-state index in [2.05, 4.69) is 48.3 Å². The Morgan fingerprint density at radius 3 is 2.86 bits per heavy atom. The molecule has 4 rings (SSSR count). The Bertz CT molecular complexity index is 858. The summed E-state index contributed by atoms with van der Waals surface area (Å²) in [6.45, 7) is 2.16. The summed E-state index contributed by atoms with van der Waals surface area (Å²) in [7, 11) is 4.02. The van der Waals surface area contributed by atoms with Gasteiger partial charge in [-0.25, -0.2) is 0 Å². The molecule has 0 aromatic heterocycles. The minimum absolute atomic E-state index is 0.379. The fourth-order valence-corrected chi connectivity index (χ4v) is 4.90. The van der Waals surface area contributed by atoms with E-state index in [9.17, 15) is 4.79 Å². The molecule has 148 valence electrons. The first-order valence-corrected chi connectivity index (χ1v) is 10.6. The smallest absolute Gasteiger partial charge is 0.137 e. The van der Waals surface area contributed by atoms with Crippen LogP contribution in [0.2, 0.25) is 0 Å². The van der Waals surface area contributed by atoms with Crippen molar-refractivity contribution in [1.82, 2.24) is 4.90 Å². The molecule has 1 unspecified atom stereocenters. The zero-order valence-electron chi connectivity index (χ0n) is 17.2. The molecule has 2 aromatic carbocycles. The third-order valence-corrected chi connectivity index (χ3v) is 6.45. The van der Waals surface area contributed by atoms with Crippen molar-refractivity contribution in [3.05, 3.63) is 64.2 Å². The quantitative estimate of drug-likeness (QED) is 0.750. The van der Waals surface area contributed by atoms with Crippen LogP contribution in [0.25, 0.3) is 0 Å². The normalized spacial score (nSPS) is 18.7. The maximum absolute atomic E-state index is 11.6. The van der Waals surface area contributed by atoms with Gasteiger partial charge in [0.2, 0.25) is 0 Å². The maximum atomic E-state index is 11.6. The number of rotatable bonds is 6. The zero-order valence-corrected chi connectivity index (χ0v) is 17.2. The molecule has 0 fully saturated rings. The van der Waals surface area contributed by atoms with Gasteiger partial charge < -0.3 is 9.64 Å². The number of aryl methyl sites for hydroxylation is 1. The first-order chi connectivity index (χ1) is 13.6. The van der Waals surface area contributed by atoms with E-state index in [1.165, 1.54) is 40.7 Å². The van der Waals surface area contributed by atoms with Crippen molar-refractivity contribution >= 4 is 5.78 Å². The summed E-state index contributed by atoms with van der Waals surface area (Å²) in [5, 5.41) is 0. The third kappa shape index (κ3) is 4.15. The summed E-state index contributed by atoms with van der Waals surface area (Å²) in [4.78, 5) is 14.1. The van der Waals surface area contributed by atoms with E-state index in [4.69, 9.17) is 4.74 Å². The number of carbonyl (C=O) groups excluding carboxylic acids is 1. The Balaban J connectivity index is 1.37. The maximum Gasteiger partial charge on any atom is 0.137 e. The molecule has 0 amide bonds. The molecule has 3 nitrogen and oxygen atoms in total. The first kappa shape index (κ1) is 19.2. The van der Waals surface area contributed by atoms with Gasteiger partial charge >= 0.3 is 0 Å². The molecule has 0 aliphatic heterocycles. The molecule has 2 aromatic rings. The minimum atomic E-state index is 0.379. The second kappa shape index (κ2) is 8.48. The second-order valence-electron chi connectivity index (χ2n) is 8.45. The molecular weight excluding hydrogens is 346 g/mol. The van der Waals surface area contributed by atoms with E-state index in [0.29, 0.717) is 24.5 Å². The molecule has 0 heterocycles. The highest BCUT2D eigenvalue weighted by molar-refractivity contribution is 5.83. The van der Waals surface area contributed by atoms with Crippen LogP contribution >= 0.6 is 0 Å². The largest absolute Gasteiger partial charge is 0.496 e. The summed E-state index contributed by atoms with van der Waals surface area (Å²) in [6, 6.07) is 13.2. The van der Waals surface area contributed by atoms with Gasteiger partial charge in [0.05, 0.1) is 7.11 Å². The van der Waals surface area contributed by atoms with Gasteiger partial charge in [-0.2, -0.15) is 0 Å². The van der Waals surface area contributed by atoms with E-state index in [0.717, 1.165) is 38.1 Å². The fraction of sp³-hybridized carbons (Fsp3) is 0.480. The van der Waals surface area contributed by atoms with E-state index in [1.54, 1.807) is 7.11 Å². The molecule has 1 atom stereocenters. The number of hydrogen-bond donors (Lipinski definition) is 0. The van der Waals surface area contributed by atoms with Crippen LogP contribution in [0.5, 0.6) is 5.75 Å². The number of hydrogen-bond acceptors (Lipinski definition) is 3. The lowest BCUT2D eigenvalue weighted by Gasteiger charge is -2.30. The molecule has 0 spiro atoms. The zero-order chi connectivity index (χ0) is 19.5. The van der Waals surface area contributed by atoms with Crippen LogP contribution in [-0.4, -0.2) is 37.9 Å². The van der Waals surface area contributed by atoms with Crippen LogP contribution in [0.4, 0.5) is 0 Å². The van der Waals surface area contributed by atoms with E-state index in [1.807, 2.05) is 0 Å². The van der Waals surface area contributed by atoms with Crippen LogP contribution in [0.3, 0.4) is 0 Å². The molecule has 0 saturated carbocycles. The number of ether oxygens (including phenoxy) is 1. The lowest BCUT2D eigenvalue weighted by Crippen LogP contribution is -2.28. The summed E-state index contributed by atoms with van der Waals surface area (Å²) in [6.07, 6.45) is 6.96. The van der Waals surface area contributed by atoms with Crippen molar-refractivity contribution in [2.75, 3.05) is 27.2 Å². The van der Waals surface area contributed by atoms with Crippen molar-refractivity contribution in [3.63, 3.8) is 0 Å². The number of Topliss-reactive ketones (excluding diaryl/α,β-unsaturated/α-hetero) is 1. The number of methoxy groups -OCH3 is 1. The predicted octanol–water partition coefficient (Wildman–Crippen LogP) is 4.35. The van der Waals surface area contributed by atoms with Gasteiger partial charge in [0.1, 0.15) is 11.5 Å². The topological polar surface area (TPSA) is 29.5 Å². The standard InChI is InChI=1S/C25H31NO2/c1-26(14-13-18-9-10-20-16-22(27)12-11-19(20)15-18)17-21-5-3-7-24-23(21)6-4-8-25(24)28-2/h4,6,8-10,15,21H,3,5,7,11-14,16-17H2,1-2H3. The van der Waals surface area contributed by atoms with E-state index in [-0.39, 0.29) is 0 Å². The van der Waals surface area contributed by atoms with Gasteiger partial charge in [-0.3, -0.25) is 4.79 Å². The molecule has 3 heteroatoms. The Hall–Kier alpha value is -2.13. The van der Waals surface area contributed by atoms with Crippen molar-refractivity contribution < 1.29 is 9.53 Å². The number of carbonyl (C=O) groups is 1. The summed E-state index contributed by atoms with van der Waals surface area (Å²) in [5.74, 6) is 2.03. The molecule has 2 aliphatic rings. The lowest BCUT2D eigenvalue weighted by molar-refractivity contribution is -0.118. The Morgan fingerprint density at radius 2 is 2.00 bits per heavy atom. The minimum Gasteiger partial charge on any atom is -0.496 e. The lowest BCUT2D eigenvalue weighted by atomic mass is 9.82. The Morgan fingerprint density at radius 1 is 1.11 bits per heavy atom. The molecule has 0 radical (unpaired) electrons. The molecular formula is C25H31NO2. The number of ketones is 1. The van der Waals surface area contributed by atoms with Crippen LogP contribution in [-0.2, 0) is 30.5 Å². The van der Waals surface area contributed by atoms with E-state index >= 15 is 0 Å². The third-order valence-electron chi connectivity index (χ3n) is 6.45. The van der Waals surface area contributed by atoms with Crippen molar-refractivity contribution in [3.8, 4) is 5.75 Å². The summed E-state index contributed by atoms with van der Waals surface area (Å²) in [5.41, 5.74) is 6.91. The van der Waals surface area contributed by atoms with Crippen LogP contribution in [0.15, 0.2) is 36.4 Å². The summed E-state index contributed by atoms with van der Waals surface area (Å²) >= 11 is 0. The van der Waals surface area contributed by atoms with Crippen molar-refractivity contribution in [1.29, 1.82) is 0 Å². The molecule has 0 bridgehead atoms. The Kier molecular flexibility index (Phi) is 5.82. The average molecular weight is 378 g/mol. The molecule has 0 N–H and O–H groups in total. The fourth-order valence-electron chi connectivity index (χ4n) is 4.90. The highest BCUT2D eigenvalue weighted by Crippen LogP contribution is 2.36. The number of likely N-dealkylation sites (N-methyl/N-ethyl adjacent to an activating group) is 1. The van der Waals surface area contributed by atoms with Crippen LogP contribution in [0.1, 0.15) is 53.0 Å². The van der Waals surface area contributed by atoms with Crippen molar-refractivity contribution in [2.45, 2.75) is 50.9 Å². The Labute approximate surface area is 168 Å². The monoisotopic (exact) mass is 377 g/mol. The van der Waals surface area contributed by atoms with Gasteiger partial charge in [-0.1, -0.05) is 30.3 Å². The predicted molar refractivity (Wildman–Crippen MR) is 113 cm³/mol. The van der Waals surface area contributed by atoms with E-state index < -0.39 is 0 Å². The van der Waals surface area contributed by atoms with Crippen LogP contribution < -0.4 is 4.74 Å². The number of nitrogens with zero attached hydrogens (tertiary/aromatic N) is 1. The summed E-state index contributed by atoms with van der Waals surface area (Å²) < 4.78 is 5.59. The average Bonchev–Trinajstić information content (AvgIpc) is 2.72. The molecule has 28 heavy (non-hydrogen) atoms. The van der Waals surface area contributed by atoms with Gasteiger partial charge in [0.15, 0.2) is 0 Å².